The summed E-state index contributed by atoms with van der Waals surface area (Å²) in [5.74, 6) is -0.336. The van der Waals surface area contributed by atoms with Gasteiger partial charge in [-0.3, -0.25) is 0 Å². The van der Waals surface area contributed by atoms with Gasteiger partial charge in [-0.05, 0) is 26.0 Å². The van der Waals surface area contributed by atoms with Crippen molar-refractivity contribution in [3.63, 3.8) is 0 Å². The van der Waals surface area contributed by atoms with Crippen LogP contribution in [0.25, 0.3) is 0 Å². The van der Waals surface area contributed by atoms with Crippen LogP contribution in [0.5, 0.6) is 0 Å². The van der Waals surface area contributed by atoms with Gasteiger partial charge >= 0.3 is 5.97 Å². The summed E-state index contributed by atoms with van der Waals surface area (Å²) in [7, 11) is 0. The number of thiazole rings is 1. The molecule has 6 heteroatoms. The molecule has 0 spiro atoms. The molecule has 19 heavy (non-hydrogen) atoms. The van der Waals surface area contributed by atoms with Gasteiger partial charge in [0.15, 0.2) is 10.8 Å². The topological polar surface area (TPSA) is 51.2 Å². The highest BCUT2D eigenvalue weighted by Crippen LogP contribution is 2.30. The molecular weight excluding hydrogens is 280 g/mol. The van der Waals surface area contributed by atoms with E-state index in [1.807, 2.05) is 11.8 Å². The predicted octanol–water partition coefficient (Wildman–Crippen LogP) is 3.41. The number of nitrogens with one attached hydrogen (secondary N) is 1. The van der Waals surface area contributed by atoms with Crippen molar-refractivity contribution in [2.75, 3.05) is 18.2 Å². The number of aromatic nitrogens is 1. The number of rotatable bonds is 5. The molecule has 0 radical (unpaired) electrons. The van der Waals surface area contributed by atoms with Gasteiger partial charge in [0.05, 0.1) is 6.61 Å². The Bertz CT molecular complexity index is 423. The average Bonchev–Trinajstić information content (AvgIpc) is 2.88. The number of carbonyl (C=O) groups excluding carboxylic acids is 1. The Balaban J connectivity index is 1.97. The van der Waals surface area contributed by atoms with E-state index in [1.165, 1.54) is 37.0 Å². The molecule has 1 N–H and O–H groups in total. The summed E-state index contributed by atoms with van der Waals surface area (Å²) in [5.41, 5.74) is 0.408. The van der Waals surface area contributed by atoms with E-state index in [1.54, 1.807) is 12.3 Å². The summed E-state index contributed by atoms with van der Waals surface area (Å²) < 4.78 is 4.95. The average molecular weight is 300 g/mol. The van der Waals surface area contributed by atoms with E-state index in [-0.39, 0.29) is 5.97 Å². The SMILES string of the molecule is CCOC(=O)c1csc(NC2CCCCC2SC)n1. The zero-order valence-electron chi connectivity index (χ0n) is 11.3. The molecular formula is C13H20N2O2S2. The number of ether oxygens (including phenoxy) is 1. The third kappa shape index (κ3) is 3.86. The van der Waals surface area contributed by atoms with Gasteiger partial charge in [-0.2, -0.15) is 11.8 Å². The number of hydrogen-bond acceptors (Lipinski definition) is 6. The van der Waals surface area contributed by atoms with Crippen molar-refractivity contribution in [3.05, 3.63) is 11.1 Å². The van der Waals surface area contributed by atoms with E-state index >= 15 is 0 Å². The maximum absolute atomic E-state index is 11.6. The van der Waals surface area contributed by atoms with Crippen LogP contribution in [-0.4, -0.2) is 35.1 Å². The van der Waals surface area contributed by atoms with Crippen LogP contribution in [0.4, 0.5) is 5.13 Å². The van der Waals surface area contributed by atoms with E-state index in [4.69, 9.17) is 4.74 Å². The molecule has 1 aliphatic carbocycles. The highest BCUT2D eigenvalue weighted by molar-refractivity contribution is 7.99. The molecule has 0 bridgehead atoms. The molecule has 1 saturated carbocycles. The molecule has 1 heterocycles. The standard InChI is InChI=1S/C13H20N2O2S2/c1-3-17-12(16)10-8-19-13(15-10)14-9-6-4-5-7-11(9)18-2/h8-9,11H,3-7H2,1-2H3,(H,14,15). The molecule has 2 atom stereocenters. The third-order valence-electron chi connectivity index (χ3n) is 3.30. The second kappa shape index (κ2) is 7.14. The molecule has 4 nitrogen and oxygen atoms in total. The first-order valence-corrected chi connectivity index (χ1v) is 8.83. The van der Waals surface area contributed by atoms with E-state index in [0.29, 0.717) is 23.6 Å². The van der Waals surface area contributed by atoms with Gasteiger partial charge in [-0.15, -0.1) is 11.3 Å². The molecule has 106 valence electrons. The van der Waals surface area contributed by atoms with Crippen molar-refractivity contribution in [1.82, 2.24) is 4.98 Å². The van der Waals surface area contributed by atoms with Crippen molar-refractivity contribution in [2.24, 2.45) is 0 Å². The molecule has 1 fully saturated rings. The van der Waals surface area contributed by atoms with Gasteiger partial charge in [-0.1, -0.05) is 12.8 Å². The lowest BCUT2D eigenvalue weighted by atomic mass is 9.95. The maximum atomic E-state index is 11.6. The molecule has 0 saturated heterocycles. The summed E-state index contributed by atoms with van der Waals surface area (Å²) in [5, 5.41) is 6.71. The fourth-order valence-corrected chi connectivity index (χ4v) is 4.02. The lowest BCUT2D eigenvalue weighted by Gasteiger charge is -2.30. The molecule has 2 unspecified atom stereocenters. The van der Waals surface area contributed by atoms with Crippen molar-refractivity contribution < 1.29 is 9.53 Å². The van der Waals surface area contributed by atoms with Gasteiger partial charge < -0.3 is 10.1 Å². The summed E-state index contributed by atoms with van der Waals surface area (Å²) in [6, 6.07) is 0.463. The molecule has 0 amide bonds. The fourth-order valence-electron chi connectivity index (χ4n) is 2.34. The van der Waals surface area contributed by atoms with E-state index in [2.05, 4.69) is 16.6 Å². The molecule has 1 aromatic heterocycles. The minimum Gasteiger partial charge on any atom is -0.461 e. The largest absolute Gasteiger partial charge is 0.461 e. The second-order valence-corrected chi connectivity index (χ2v) is 6.50. The fraction of sp³-hybridized carbons (Fsp3) is 0.692. The number of anilines is 1. The van der Waals surface area contributed by atoms with Crippen LogP contribution in [-0.2, 0) is 4.74 Å². The number of carbonyl (C=O) groups is 1. The van der Waals surface area contributed by atoms with Gasteiger partial charge in [0.1, 0.15) is 0 Å². The van der Waals surface area contributed by atoms with Gasteiger partial charge in [-0.25, -0.2) is 9.78 Å². The number of nitrogens with zero attached hydrogens (tertiary/aromatic N) is 1. The highest BCUT2D eigenvalue weighted by atomic mass is 32.2. The second-order valence-electron chi connectivity index (χ2n) is 4.57. The lowest BCUT2D eigenvalue weighted by molar-refractivity contribution is 0.0520. The summed E-state index contributed by atoms with van der Waals surface area (Å²) in [6.07, 6.45) is 7.19. The van der Waals surface area contributed by atoms with Crippen LogP contribution in [0.3, 0.4) is 0 Å². The highest BCUT2D eigenvalue weighted by Gasteiger charge is 2.25. The van der Waals surface area contributed by atoms with Crippen LogP contribution >= 0.6 is 23.1 Å². The van der Waals surface area contributed by atoms with Gasteiger partial charge in [0, 0.05) is 16.7 Å². The molecule has 1 aliphatic rings. The normalized spacial score (nSPS) is 23.1. The summed E-state index contributed by atoms with van der Waals surface area (Å²) in [4.78, 5) is 15.9. The summed E-state index contributed by atoms with van der Waals surface area (Å²) in [6.45, 7) is 2.19. The molecule has 2 rings (SSSR count). The van der Waals surface area contributed by atoms with Crippen molar-refractivity contribution >= 4 is 34.2 Å². The minimum absolute atomic E-state index is 0.336. The molecule has 0 aliphatic heterocycles. The summed E-state index contributed by atoms with van der Waals surface area (Å²) >= 11 is 3.39. The van der Waals surface area contributed by atoms with Crippen molar-refractivity contribution in [3.8, 4) is 0 Å². The van der Waals surface area contributed by atoms with Crippen molar-refractivity contribution in [2.45, 2.75) is 43.9 Å². The Morgan fingerprint density at radius 3 is 3.11 bits per heavy atom. The molecule has 1 aromatic rings. The van der Waals surface area contributed by atoms with E-state index < -0.39 is 0 Å². The Hall–Kier alpha value is -0.750. The number of hydrogen-bond donors (Lipinski definition) is 1. The Morgan fingerprint density at radius 1 is 1.58 bits per heavy atom. The molecule has 0 aromatic carbocycles. The Kier molecular flexibility index (Phi) is 5.51. The number of esters is 1. The number of thioether (sulfide) groups is 1. The smallest absolute Gasteiger partial charge is 0.357 e. The van der Waals surface area contributed by atoms with Crippen molar-refractivity contribution in [1.29, 1.82) is 0 Å². The van der Waals surface area contributed by atoms with Gasteiger partial charge in [0.25, 0.3) is 0 Å². The maximum Gasteiger partial charge on any atom is 0.357 e. The van der Waals surface area contributed by atoms with E-state index in [0.717, 1.165) is 5.13 Å². The van der Waals surface area contributed by atoms with Crippen LogP contribution in [0.15, 0.2) is 5.38 Å². The first-order chi connectivity index (χ1) is 9.24. The third-order valence-corrected chi connectivity index (χ3v) is 5.25. The van der Waals surface area contributed by atoms with Crippen LogP contribution in [0.2, 0.25) is 0 Å². The van der Waals surface area contributed by atoms with Crippen LogP contribution in [0.1, 0.15) is 43.1 Å². The zero-order chi connectivity index (χ0) is 13.7. The Labute approximate surface area is 122 Å². The predicted molar refractivity (Wildman–Crippen MR) is 81.3 cm³/mol. The minimum atomic E-state index is -0.336. The van der Waals surface area contributed by atoms with Crippen LogP contribution in [0, 0.1) is 0 Å². The zero-order valence-corrected chi connectivity index (χ0v) is 13.0. The van der Waals surface area contributed by atoms with E-state index in [9.17, 15) is 4.79 Å². The first-order valence-electron chi connectivity index (χ1n) is 6.66. The van der Waals surface area contributed by atoms with Crippen LogP contribution < -0.4 is 5.32 Å². The lowest BCUT2D eigenvalue weighted by Crippen LogP contribution is -2.34. The Morgan fingerprint density at radius 2 is 2.37 bits per heavy atom. The first kappa shape index (κ1) is 14.7. The van der Waals surface area contributed by atoms with Gasteiger partial charge in [0.2, 0.25) is 0 Å². The monoisotopic (exact) mass is 300 g/mol. The quantitative estimate of drug-likeness (QED) is 0.845.